The monoisotopic (exact) mass is 415 g/mol. The molecule has 2 rings (SSSR count). The molecule has 0 aromatic carbocycles. The SMILES string of the molecule is CC1(N[S+]([O-])C(C)(C)C)COc2c1cc(C(O)(CN)C(F)(F)F)nc2Cl. The van der Waals surface area contributed by atoms with Crippen molar-refractivity contribution in [3.63, 3.8) is 0 Å². The van der Waals surface area contributed by atoms with Crippen LogP contribution in [0.4, 0.5) is 13.2 Å². The summed E-state index contributed by atoms with van der Waals surface area (Å²) in [5, 5.41) is 9.74. The molecule has 26 heavy (non-hydrogen) atoms. The van der Waals surface area contributed by atoms with E-state index in [9.17, 15) is 22.8 Å². The van der Waals surface area contributed by atoms with E-state index in [0.29, 0.717) is 0 Å². The second-order valence-corrected chi connectivity index (χ2v) is 9.67. The van der Waals surface area contributed by atoms with E-state index in [-0.39, 0.29) is 23.1 Å². The van der Waals surface area contributed by atoms with Crippen LogP contribution in [-0.4, -0.2) is 38.7 Å². The molecule has 0 bridgehead atoms. The number of nitrogens with two attached hydrogens (primary N) is 1. The molecule has 11 heteroatoms. The van der Waals surface area contributed by atoms with Gasteiger partial charge in [0.1, 0.15) is 16.9 Å². The van der Waals surface area contributed by atoms with E-state index in [1.165, 1.54) is 0 Å². The Bertz CT molecular complexity index is 701. The first kappa shape index (κ1) is 21.5. The molecule has 1 aliphatic heterocycles. The van der Waals surface area contributed by atoms with E-state index in [1.807, 2.05) is 0 Å². The lowest BCUT2D eigenvalue weighted by Crippen LogP contribution is -2.51. The first-order valence-corrected chi connectivity index (χ1v) is 9.21. The minimum atomic E-state index is -5.05. The summed E-state index contributed by atoms with van der Waals surface area (Å²) >= 11 is 4.45. The quantitative estimate of drug-likeness (QED) is 0.514. The van der Waals surface area contributed by atoms with Gasteiger partial charge in [0, 0.05) is 23.5 Å². The van der Waals surface area contributed by atoms with Gasteiger partial charge in [-0.2, -0.15) is 13.2 Å². The van der Waals surface area contributed by atoms with Gasteiger partial charge in [0.05, 0.1) is 5.69 Å². The number of fused-ring (bicyclic) bond motifs is 1. The molecule has 0 fully saturated rings. The number of nitrogens with one attached hydrogen (secondary N) is 1. The lowest BCUT2D eigenvalue weighted by molar-refractivity contribution is -0.263. The fourth-order valence-electron chi connectivity index (χ4n) is 2.36. The zero-order chi connectivity index (χ0) is 20.1. The van der Waals surface area contributed by atoms with Gasteiger partial charge in [-0.05, 0) is 33.8 Å². The molecule has 0 spiro atoms. The van der Waals surface area contributed by atoms with Crippen molar-refractivity contribution in [2.24, 2.45) is 5.73 Å². The van der Waals surface area contributed by atoms with Gasteiger partial charge in [0.25, 0.3) is 0 Å². The molecule has 0 amide bonds. The molecule has 1 aromatic heterocycles. The summed E-state index contributed by atoms with van der Waals surface area (Å²) in [6, 6.07) is 1.04. The molecule has 0 saturated carbocycles. The highest BCUT2D eigenvalue weighted by Crippen LogP contribution is 2.45. The molecule has 3 atom stereocenters. The number of pyridine rings is 1. The number of nitrogens with zero attached hydrogens (tertiary/aromatic N) is 1. The van der Waals surface area contributed by atoms with Crippen molar-refractivity contribution < 1.29 is 27.6 Å². The smallest absolute Gasteiger partial charge is 0.424 e. The van der Waals surface area contributed by atoms with Gasteiger partial charge in [-0.3, -0.25) is 0 Å². The van der Waals surface area contributed by atoms with Crippen LogP contribution in [-0.2, 0) is 22.5 Å². The highest BCUT2D eigenvalue weighted by atomic mass is 35.5. The van der Waals surface area contributed by atoms with Crippen molar-refractivity contribution in [2.45, 2.75) is 49.8 Å². The molecule has 0 aliphatic carbocycles. The Hall–Kier alpha value is -0.780. The van der Waals surface area contributed by atoms with Gasteiger partial charge in [-0.25, -0.2) is 4.98 Å². The van der Waals surface area contributed by atoms with E-state index in [4.69, 9.17) is 22.1 Å². The summed E-state index contributed by atoms with van der Waals surface area (Å²) in [4.78, 5) is 3.63. The lowest BCUT2D eigenvalue weighted by Gasteiger charge is -2.32. The average molecular weight is 416 g/mol. The van der Waals surface area contributed by atoms with E-state index in [1.54, 1.807) is 27.7 Å². The number of hydrogen-bond acceptors (Lipinski definition) is 6. The molecule has 6 nitrogen and oxygen atoms in total. The highest BCUT2D eigenvalue weighted by molar-refractivity contribution is 7.90. The molecule has 1 aromatic rings. The van der Waals surface area contributed by atoms with Gasteiger partial charge in [-0.15, -0.1) is 4.72 Å². The van der Waals surface area contributed by atoms with Gasteiger partial charge in [0.2, 0.25) is 5.60 Å². The van der Waals surface area contributed by atoms with Crippen LogP contribution in [0, 0.1) is 0 Å². The molecule has 0 saturated heterocycles. The first-order chi connectivity index (χ1) is 11.7. The van der Waals surface area contributed by atoms with Gasteiger partial charge in [0.15, 0.2) is 10.9 Å². The largest absolute Gasteiger partial charge is 0.598 e. The third kappa shape index (κ3) is 3.63. The van der Waals surface area contributed by atoms with Crippen molar-refractivity contribution in [2.75, 3.05) is 13.2 Å². The number of halogens is 4. The predicted octanol–water partition coefficient (Wildman–Crippen LogP) is 2.10. The van der Waals surface area contributed by atoms with Crippen molar-refractivity contribution in [1.29, 1.82) is 0 Å². The summed E-state index contributed by atoms with van der Waals surface area (Å²) in [5.74, 6) is 0.0814. The summed E-state index contributed by atoms with van der Waals surface area (Å²) in [6.45, 7) is 5.73. The van der Waals surface area contributed by atoms with E-state index in [2.05, 4.69) is 9.71 Å². The van der Waals surface area contributed by atoms with Crippen molar-refractivity contribution in [3.8, 4) is 5.75 Å². The normalized spacial score (nSPS) is 24.0. The first-order valence-electron chi connectivity index (χ1n) is 7.69. The Morgan fingerprint density at radius 3 is 2.50 bits per heavy atom. The second kappa shape index (κ2) is 6.68. The van der Waals surface area contributed by atoms with Crippen molar-refractivity contribution in [1.82, 2.24) is 9.71 Å². The number of alkyl halides is 3. The third-order valence-corrected chi connectivity index (χ3v) is 6.10. The highest BCUT2D eigenvalue weighted by Gasteiger charge is 2.56. The van der Waals surface area contributed by atoms with Crippen molar-refractivity contribution in [3.05, 3.63) is 22.5 Å². The molecular formula is C15H21ClF3N3O3S. The number of aromatic nitrogens is 1. The summed E-state index contributed by atoms with van der Waals surface area (Å²) < 4.78 is 60.2. The zero-order valence-corrected chi connectivity index (χ0v) is 16.3. The standard InChI is InChI=1S/C15H21ClF3N3O3S/c1-12(2,3)26(24)22-13(4)7-25-10-8(13)5-9(21-11(10)16)14(23,6-20)15(17,18)19/h5,22-23H,6-7,20H2,1-4H3. The van der Waals surface area contributed by atoms with E-state index in [0.717, 1.165) is 6.07 Å². The van der Waals surface area contributed by atoms with Crippen LogP contribution in [0.2, 0.25) is 5.15 Å². The topological polar surface area (TPSA) is 103 Å². The zero-order valence-electron chi connectivity index (χ0n) is 14.7. The van der Waals surface area contributed by atoms with Crippen LogP contribution in [0.15, 0.2) is 6.07 Å². The van der Waals surface area contributed by atoms with Crippen LogP contribution in [0.1, 0.15) is 39.0 Å². The predicted molar refractivity (Wildman–Crippen MR) is 92.1 cm³/mol. The van der Waals surface area contributed by atoms with Gasteiger partial charge in [-0.1, -0.05) is 11.6 Å². The summed E-state index contributed by atoms with van der Waals surface area (Å²) in [6.07, 6.45) is -5.05. The van der Waals surface area contributed by atoms with Gasteiger partial charge < -0.3 is 20.1 Å². The molecule has 2 heterocycles. The molecule has 4 N–H and O–H groups in total. The van der Waals surface area contributed by atoms with E-state index >= 15 is 0 Å². The second-order valence-electron chi connectivity index (χ2n) is 7.34. The fourth-order valence-corrected chi connectivity index (χ4v) is 3.49. The fraction of sp³-hybridized carbons (Fsp3) is 0.667. The third-order valence-electron chi connectivity index (χ3n) is 4.09. The van der Waals surface area contributed by atoms with E-state index < -0.39 is 45.7 Å². The van der Waals surface area contributed by atoms with Crippen LogP contribution in [0.25, 0.3) is 0 Å². The van der Waals surface area contributed by atoms with Crippen LogP contribution >= 0.6 is 11.6 Å². The minimum Gasteiger partial charge on any atom is -0.598 e. The summed E-state index contributed by atoms with van der Waals surface area (Å²) in [7, 11) is 0. The Kier molecular flexibility index (Phi) is 5.53. The number of ether oxygens (including phenoxy) is 1. The lowest BCUT2D eigenvalue weighted by atomic mass is 9.91. The number of rotatable bonds is 4. The maximum absolute atomic E-state index is 13.3. The molecule has 1 aliphatic rings. The number of aliphatic hydroxyl groups is 1. The van der Waals surface area contributed by atoms with Crippen LogP contribution in [0.5, 0.6) is 5.75 Å². The molecule has 148 valence electrons. The maximum Gasteiger partial charge on any atom is 0.424 e. The Morgan fingerprint density at radius 1 is 1.46 bits per heavy atom. The molecule has 3 unspecified atom stereocenters. The van der Waals surface area contributed by atoms with Crippen LogP contribution < -0.4 is 15.2 Å². The van der Waals surface area contributed by atoms with Crippen molar-refractivity contribution >= 4 is 23.0 Å². The molecule has 0 radical (unpaired) electrons. The Labute approximate surface area is 157 Å². The number of hydrogen-bond donors (Lipinski definition) is 3. The summed E-state index contributed by atoms with van der Waals surface area (Å²) in [5.41, 5.74) is 0.211. The maximum atomic E-state index is 13.3. The van der Waals surface area contributed by atoms with Crippen LogP contribution in [0.3, 0.4) is 0 Å². The Morgan fingerprint density at radius 2 is 2.04 bits per heavy atom. The van der Waals surface area contributed by atoms with Gasteiger partial charge >= 0.3 is 6.18 Å². The Balaban J connectivity index is 2.55. The minimum absolute atomic E-state index is 0.0118. The average Bonchev–Trinajstić information content (AvgIpc) is 2.82. The molecular weight excluding hydrogens is 395 g/mol.